The molecule has 0 heterocycles. The molecule has 3 nitrogen and oxygen atoms in total. The molecule has 1 rings (SSSR count). The van der Waals surface area contributed by atoms with Crippen LogP contribution in [0.15, 0.2) is 41.4 Å². The van der Waals surface area contributed by atoms with Crippen molar-refractivity contribution in [3.8, 4) is 0 Å². The zero-order chi connectivity index (χ0) is 14.5. The number of carbonyl (C=O) groups excluding carboxylic acids is 1. The van der Waals surface area contributed by atoms with Crippen molar-refractivity contribution >= 4 is 56.6 Å². The molecular formula is C12H13BrCl3N2O+. The molecule has 0 aromatic heterocycles. The molecule has 7 heteroatoms. The van der Waals surface area contributed by atoms with Crippen LogP contribution in [0.2, 0.25) is 0 Å². The van der Waals surface area contributed by atoms with E-state index in [4.69, 9.17) is 34.8 Å². The molecule has 0 saturated carbocycles. The lowest BCUT2D eigenvalue weighted by Crippen LogP contribution is -2.96. The van der Waals surface area contributed by atoms with Gasteiger partial charge in [0, 0.05) is 10.0 Å². The molecule has 19 heavy (non-hydrogen) atoms. The molecule has 3 N–H and O–H groups in total. The number of halogens is 4. The average molecular weight is 388 g/mol. The van der Waals surface area contributed by atoms with E-state index in [1.807, 2.05) is 0 Å². The second-order valence-corrected chi connectivity index (χ2v) is 7.04. The number of quaternary nitrogens is 1. The minimum Gasteiger partial charge on any atom is -0.320 e. The van der Waals surface area contributed by atoms with Crippen LogP contribution >= 0.6 is 50.7 Å². The predicted octanol–water partition coefficient (Wildman–Crippen LogP) is 2.62. The summed E-state index contributed by atoms with van der Waals surface area (Å²) in [7, 11) is 0. The Morgan fingerprint density at radius 1 is 1.42 bits per heavy atom. The smallest absolute Gasteiger partial charge is 0.262 e. The van der Waals surface area contributed by atoms with E-state index < -0.39 is 9.96 Å². The number of nitrogens with one attached hydrogen (secondary N) is 1. The number of amides is 1. The maximum absolute atomic E-state index is 12.0. The van der Waals surface area contributed by atoms with Crippen molar-refractivity contribution in [2.24, 2.45) is 0 Å². The molecule has 0 aliphatic rings. The topological polar surface area (TPSA) is 45.7 Å². The molecule has 0 aliphatic carbocycles. The third-order valence-electron chi connectivity index (χ3n) is 2.28. The molecular weight excluding hydrogens is 374 g/mol. The highest BCUT2D eigenvalue weighted by molar-refractivity contribution is 9.10. The highest BCUT2D eigenvalue weighted by atomic mass is 79.9. The van der Waals surface area contributed by atoms with Gasteiger partial charge in [0.15, 0.2) is 0 Å². The van der Waals surface area contributed by atoms with Gasteiger partial charge in [0.1, 0.15) is 0 Å². The normalized spacial score (nSPS) is 12.8. The fourth-order valence-corrected chi connectivity index (χ4v) is 2.03. The van der Waals surface area contributed by atoms with Gasteiger partial charge in [-0.25, -0.2) is 0 Å². The Morgan fingerprint density at radius 3 is 2.47 bits per heavy atom. The number of hydrogen-bond acceptors (Lipinski definition) is 1. The van der Waals surface area contributed by atoms with Crippen LogP contribution in [0.3, 0.4) is 0 Å². The molecule has 1 aromatic rings. The zero-order valence-corrected chi connectivity index (χ0v) is 13.7. The second kappa shape index (κ2) is 7.50. The Hall–Kier alpha value is -0.260. The molecule has 1 atom stereocenters. The average Bonchev–Trinajstić information content (AvgIpc) is 2.33. The van der Waals surface area contributed by atoms with E-state index in [1.54, 1.807) is 35.7 Å². The molecule has 0 radical (unpaired) electrons. The molecule has 1 amide bonds. The fraction of sp³-hybridized carbons (Fsp3) is 0.250. The molecule has 104 valence electrons. The molecule has 0 bridgehead atoms. The van der Waals surface area contributed by atoms with E-state index in [0.29, 0.717) is 12.1 Å². The minimum atomic E-state index is -1.60. The molecule has 0 unspecified atom stereocenters. The molecule has 0 aliphatic heterocycles. The molecule has 0 saturated heterocycles. The third kappa shape index (κ3) is 5.71. The molecule has 0 spiro atoms. The summed E-state index contributed by atoms with van der Waals surface area (Å²) in [4.78, 5) is 12.0. The van der Waals surface area contributed by atoms with Crippen LogP contribution < -0.4 is 10.6 Å². The van der Waals surface area contributed by atoms with Gasteiger partial charge in [-0.3, -0.25) is 10.1 Å². The van der Waals surface area contributed by atoms with Gasteiger partial charge in [-0.2, -0.15) is 0 Å². The number of hydrogen-bond donors (Lipinski definition) is 2. The van der Waals surface area contributed by atoms with Gasteiger partial charge in [0.25, 0.3) is 9.70 Å². The van der Waals surface area contributed by atoms with Crippen molar-refractivity contribution in [1.82, 2.24) is 5.32 Å². The van der Waals surface area contributed by atoms with Crippen molar-refractivity contribution in [2.45, 2.75) is 9.96 Å². The zero-order valence-electron chi connectivity index (χ0n) is 9.88. The molecule has 1 aromatic carbocycles. The summed E-state index contributed by atoms with van der Waals surface area (Å²) in [6, 6.07) is 6.91. The summed E-state index contributed by atoms with van der Waals surface area (Å²) in [6.07, 6.45) is 0.974. The third-order valence-corrected chi connectivity index (χ3v) is 3.52. The maximum atomic E-state index is 12.0. The minimum absolute atomic E-state index is 0.302. The lowest BCUT2D eigenvalue weighted by Gasteiger charge is -2.22. The van der Waals surface area contributed by atoms with Crippen LogP contribution in [-0.4, -0.2) is 22.4 Å². The first-order valence-corrected chi connectivity index (χ1v) is 7.34. The van der Waals surface area contributed by atoms with Crippen molar-refractivity contribution in [2.75, 3.05) is 6.54 Å². The number of alkyl halides is 3. The van der Waals surface area contributed by atoms with Gasteiger partial charge in [-0.1, -0.05) is 57.3 Å². The summed E-state index contributed by atoms with van der Waals surface area (Å²) in [5.41, 5.74) is 0.495. The van der Waals surface area contributed by atoms with Gasteiger partial charge < -0.3 is 5.32 Å². The summed E-state index contributed by atoms with van der Waals surface area (Å²) in [6.45, 7) is 4.11. The summed E-state index contributed by atoms with van der Waals surface area (Å²) >= 11 is 20.8. The monoisotopic (exact) mass is 385 g/mol. The lowest BCUT2D eigenvalue weighted by atomic mass is 10.2. The van der Waals surface area contributed by atoms with Gasteiger partial charge in [-0.05, 0) is 30.3 Å². The quantitative estimate of drug-likeness (QED) is 0.455. The van der Waals surface area contributed by atoms with Gasteiger partial charge >= 0.3 is 0 Å². The Balaban J connectivity index is 2.75. The first-order valence-electron chi connectivity index (χ1n) is 5.42. The summed E-state index contributed by atoms with van der Waals surface area (Å²) < 4.78 is -0.714. The fourth-order valence-electron chi connectivity index (χ4n) is 1.33. The van der Waals surface area contributed by atoms with E-state index in [9.17, 15) is 4.79 Å². The molecule has 0 fully saturated rings. The Labute approximate surface area is 135 Å². The SMILES string of the molecule is C=CC[NH2+][C@@H](NC(=O)c1ccc(Br)cc1)C(Cl)(Cl)Cl. The Bertz CT molecular complexity index is 445. The Kier molecular flexibility index (Phi) is 6.63. The maximum Gasteiger partial charge on any atom is 0.262 e. The van der Waals surface area contributed by atoms with Crippen LogP contribution in [0, 0.1) is 0 Å². The standard InChI is InChI=1S/C12H12BrCl3N2O/c1-2-7-17-11(12(14,15)16)18-10(19)8-3-5-9(13)6-4-8/h2-6,11,17H,1,7H2,(H,18,19)/p+1/t11-/m0/s1. The highest BCUT2D eigenvalue weighted by Gasteiger charge is 2.37. The number of carbonyl (C=O) groups is 1. The largest absolute Gasteiger partial charge is 0.320 e. The summed E-state index contributed by atoms with van der Waals surface area (Å²) in [5, 5.41) is 4.37. The van der Waals surface area contributed by atoms with Crippen LogP contribution in [0.25, 0.3) is 0 Å². The van der Waals surface area contributed by atoms with Crippen LogP contribution in [0.5, 0.6) is 0 Å². The van der Waals surface area contributed by atoms with Crippen LogP contribution in [0.1, 0.15) is 10.4 Å². The number of nitrogens with two attached hydrogens (primary N) is 1. The summed E-state index contributed by atoms with van der Waals surface area (Å²) in [5.74, 6) is -0.302. The van der Waals surface area contributed by atoms with Crippen LogP contribution in [0.4, 0.5) is 0 Å². The van der Waals surface area contributed by atoms with Gasteiger partial charge in [0.2, 0.25) is 6.17 Å². The van der Waals surface area contributed by atoms with Crippen molar-refractivity contribution in [3.63, 3.8) is 0 Å². The van der Waals surface area contributed by atoms with Gasteiger partial charge in [-0.15, -0.1) is 0 Å². The van der Waals surface area contributed by atoms with Crippen molar-refractivity contribution in [1.29, 1.82) is 0 Å². The van der Waals surface area contributed by atoms with E-state index in [1.165, 1.54) is 0 Å². The Morgan fingerprint density at radius 2 is 2.00 bits per heavy atom. The lowest BCUT2D eigenvalue weighted by molar-refractivity contribution is -0.683. The van der Waals surface area contributed by atoms with E-state index in [2.05, 4.69) is 27.8 Å². The number of benzene rings is 1. The van der Waals surface area contributed by atoms with E-state index in [-0.39, 0.29) is 5.91 Å². The van der Waals surface area contributed by atoms with E-state index in [0.717, 1.165) is 4.47 Å². The first kappa shape index (κ1) is 16.8. The second-order valence-electron chi connectivity index (χ2n) is 3.76. The van der Waals surface area contributed by atoms with Crippen molar-refractivity contribution < 1.29 is 10.1 Å². The first-order chi connectivity index (χ1) is 8.84. The van der Waals surface area contributed by atoms with E-state index >= 15 is 0 Å². The van der Waals surface area contributed by atoms with Gasteiger partial charge in [0.05, 0.1) is 6.54 Å². The number of rotatable bonds is 5. The van der Waals surface area contributed by atoms with Crippen molar-refractivity contribution in [3.05, 3.63) is 47.0 Å². The van der Waals surface area contributed by atoms with Crippen LogP contribution in [-0.2, 0) is 0 Å². The predicted molar refractivity (Wildman–Crippen MR) is 82.7 cm³/mol. The highest BCUT2D eigenvalue weighted by Crippen LogP contribution is 2.27.